The third kappa shape index (κ3) is 6.26. The van der Waals surface area contributed by atoms with Gasteiger partial charge in [0.05, 0.1) is 22.3 Å². The van der Waals surface area contributed by atoms with Gasteiger partial charge < -0.3 is 10.4 Å². The fourth-order valence-electron chi connectivity index (χ4n) is 4.21. The van der Waals surface area contributed by atoms with Crippen molar-refractivity contribution in [2.75, 3.05) is 17.6 Å². The number of nitrogens with one attached hydrogen (secondary N) is 1. The topological polar surface area (TPSA) is 161 Å². The molecule has 0 aromatic heterocycles. The summed E-state index contributed by atoms with van der Waals surface area (Å²) in [5.74, 6) is -1.92. The van der Waals surface area contributed by atoms with Crippen LogP contribution in [0.1, 0.15) is 36.2 Å². The minimum absolute atomic E-state index is 0.0183. The Morgan fingerprint density at radius 1 is 1.06 bits per heavy atom. The molecule has 0 fully saturated rings. The lowest BCUT2D eigenvalue weighted by atomic mass is 9.79. The van der Waals surface area contributed by atoms with Gasteiger partial charge in [0.1, 0.15) is 11.4 Å². The van der Waals surface area contributed by atoms with E-state index in [4.69, 9.17) is 4.55 Å². The first-order valence-corrected chi connectivity index (χ1v) is 13.9. The Labute approximate surface area is 209 Å². The van der Waals surface area contributed by atoms with E-state index >= 15 is 0 Å². The zero-order valence-electron chi connectivity index (χ0n) is 19.6. The van der Waals surface area contributed by atoms with Crippen molar-refractivity contribution in [1.82, 2.24) is 0 Å². The van der Waals surface area contributed by atoms with Crippen LogP contribution in [0.2, 0.25) is 0 Å². The largest absolute Gasteiger partial charge is 0.478 e. The number of hydrogen-bond acceptors (Lipinski definition) is 6. The van der Waals surface area contributed by atoms with E-state index < -0.39 is 42.3 Å². The van der Waals surface area contributed by atoms with Gasteiger partial charge in [0.2, 0.25) is 5.69 Å². The summed E-state index contributed by atoms with van der Waals surface area (Å²) in [6.07, 6.45) is 6.82. The second-order valence-electron chi connectivity index (χ2n) is 8.68. The van der Waals surface area contributed by atoms with E-state index in [2.05, 4.69) is 5.32 Å². The summed E-state index contributed by atoms with van der Waals surface area (Å²) in [5.41, 5.74) is 0.769. The van der Waals surface area contributed by atoms with Crippen LogP contribution >= 0.6 is 0 Å². The van der Waals surface area contributed by atoms with Gasteiger partial charge in [0.25, 0.3) is 20.2 Å². The van der Waals surface area contributed by atoms with Crippen LogP contribution in [-0.2, 0) is 25.7 Å². The Hall–Kier alpha value is -3.32. The first kappa shape index (κ1) is 27.3. The standard InChI is InChI=1S/C24H26N2O8S2/c1-24(2)21(11-6-7-12-25-17-9-4-3-5-10-17)26(13-8-14-35(29,30)31)20-16-18(36(32,33)34)15-19(22(20)24)23(27)28/h3-7,9-12,15-16H,8,13-14H2,1-2H3,(H3,27,28,29,30,31,32,33,34)/p+1. The molecule has 2 aromatic rings. The molecule has 10 nitrogen and oxygen atoms in total. The van der Waals surface area contributed by atoms with E-state index in [1.165, 1.54) is 6.07 Å². The molecule has 0 atom stereocenters. The summed E-state index contributed by atoms with van der Waals surface area (Å²) in [6.45, 7) is 3.56. The molecule has 0 amide bonds. The van der Waals surface area contributed by atoms with Crippen molar-refractivity contribution in [3.63, 3.8) is 0 Å². The fraction of sp³-hybridized carbons (Fsp3) is 0.250. The number of rotatable bonds is 10. The second kappa shape index (κ2) is 10.3. The van der Waals surface area contributed by atoms with Crippen LogP contribution in [0.5, 0.6) is 0 Å². The van der Waals surface area contributed by atoms with Crippen LogP contribution in [-0.4, -0.2) is 59.6 Å². The molecule has 4 N–H and O–H groups in total. The van der Waals surface area contributed by atoms with E-state index in [9.17, 15) is 31.3 Å². The van der Waals surface area contributed by atoms with Crippen LogP contribution in [0.25, 0.3) is 0 Å². The Morgan fingerprint density at radius 3 is 2.31 bits per heavy atom. The van der Waals surface area contributed by atoms with Gasteiger partial charge in [-0.3, -0.25) is 9.11 Å². The number of aromatic carboxylic acids is 1. The summed E-state index contributed by atoms with van der Waals surface area (Å²) >= 11 is 0. The normalized spacial score (nSPS) is 15.6. The summed E-state index contributed by atoms with van der Waals surface area (Å²) in [6, 6.07) is 11.5. The first-order chi connectivity index (χ1) is 16.7. The number of carboxylic acid groups (broad SMARTS) is 1. The highest BCUT2D eigenvalue weighted by Crippen LogP contribution is 2.43. The van der Waals surface area contributed by atoms with Gasteiger partial charge in [-0.25, -0.2) is 4.79 Å². The number of hydrogen-bond donors (Lipinski definition) is 4. The lowest BCUT2D eigenvalue weighted by Gasteiger charge is -2.17. The molecular weight excluding hydrogens is 508 g/mol. The molecule has 3 rings (SSSR count). The smallest absolute Gasteiger partial charge is 0.336 e. The molecule has 1 aliphatic heterocycles. The average molecular weight is 536 g/mol. The van der Waals surface area contributed by atoms with Crippen LogP contribution in [0, 0.1) is 0 Å². The minimum Gasteiger partial charge on any atom is -0.478 e. The van der Waals surface area contributed by atoms with Crippen molar-refractivity contribution >= 4 is 43.3 Å². The molecule has 0 radical (unpaired) electrons. The van der Waals surface area contributed by atoms with E-state index in [1.807, 2.05) is 30.3 Å². The average Bonchev–Trinajstić information content (AvgIpc) is 2.98. The molecule has 0 saturated heterocycles. The molecule has 0 spiro atoms. The predicted octanol–water partition coefficient (Wildman–Crippen LogP) is 3.47. The quantitative estimate of drug-likeness (QED) is 0.203. The Bertz CT molecular complexity index is 1470. The molecule has 2 aromatic carbocycles. The summed E-state index contributed by atoms with van der Waals surface area (Å²) in [5, 5.41) is 12.9. The van der Waals surface area contributed by atoms with Gasteiger partial charge in [0.15, 0.2) is 5.71 Å². The number of carboxylic acids is 1. The molecule has 0 aliphatic carbocycles. The zero-order valence-corrected chi connectivity index (χ0v) is 21.3. The van der Waals surface area contributed by atoms with Crippen molar-refractivity contribution in [3.05, 3.63) is 78.0 Å². The van der Waals surface area contributed by atoms with Gasteiger partial charge in [-0.05, 0) is 38.1 Å². The van der Waals surface area contributed by atoms with Gasteiger partial charge in [0, 0.05) is 30.5 Å². The highest BCUT2D eigenvalue weighted by molar-refractivity contribution is 7.86. The number of allylic oxidation sites excluding steroid dienone is 3. The van der Waals surface area contributed by atoms with Crippen LogP contribution in [0.3, 0.4) is 0 Å². The number of carbonyl (C=O) groups is 1. The summed E-state index contributed by atoms with van der Waals surface area (Å²) in [4.78, 5) is 11.5. The van der Waals surface area contributed by atoms with Crippen LogP contribution in [0.4, 0.5) is 11.4 Å². The maximum absolute atomic E-state index is 12.1. The number of benzene rings is 2. The highest BCUT2D eigenvalue weighted by atomic mass is 32.2. The lowest BCUT2D eigenvalue weighted by Crippen LogP contribution is -2.29. The molecule has 1 aliphatic rings. The van der Waals surface area contributed by atoms with Gasteiger partial charge >= 0.3 is 5.97 Å². The SMILES string of the molecule is CC1(C)C(/C=C/C=C/Nc2ccccc2)=[N+](CCCS(=O)(=O)O)c2cc(S(=O)(=O)O)cc(C(=O)O)c21. The van der Waals surface area contributed by atoms with Crippen molar-refractivity contribution in [3.8, 4) is 0 Å². The van der Waals surface area contributed by atoms with Crippen molar-refractivity contribution in [1.29, 1.82) is 0 Å². The molecule has 12 heteroatoms. The fourth-order valence-corrected chi connectivity index (χ4v) is 5.23. The van der Waals surface area contributed by atoms with Gasteiger partial charge in [-0.15, -0.1) is 0 Å². The Kier molecular flexibility index (Phi) is 7.84. The Balaban J connectivity index is 2.09. The van der Waals surface area contributed by atoms with Gasteiger partial charge in [-0.1, -0.05) is 24.3 Å². The maximum Gasteiger partial charge on any atom is 0.336 e. The van der Waals surface area contributed by atoms with Crippen molar-refractivity contribution in [2.45, 2.75) is 30.6 Å². The molecule has 0 bridgehead atoms. The molecular formula is C24H27N2O8S2+. The number of para-hydroxylation sites is 1. The van der Waals surface area contributed by atoms with Gasteiger partial charge in [-0.2, -0.15) is 21.4 Å². The first-order valence-electron chi connectivity index (χ1n) is 10.9. The van der Waals surface area contributed by atoms with Crippen molar-refractivity contribution in [2.24, 2.45) is 0 Å². The van der Waals surface area contributed by atoms with Crippen LogP contribution in [0.15, 0.2) is 71.8 Å². The van der Waals surface area contributed by atoms with E-state index in [1.54, 1.807) is 42.9 Å². The summed E-state index contributed by atoms with van der Waals surface area (Å²) in [7, 11) is -8.97. The highest BCUT2D eigenvalue weighted by Gasteiger charge is 2.47. The Morgan fingerprint density at radius 2 is 1.72 bits per heavy atom. The molecule has 1 heterocycles. The lowest BCUT2D eigenvalue weighted by molar-refractivity contribution is -0.437. The third-order valence-corrected chi connectivity index (χ3v) is 7.37. The van der Waals surface area contributed by atoms with E-state index in [0.29, 0.717) is 11.3 Å². The minimum atomic E-state index is -4.73. The van der Waals surface area contributed by atoms with E-state index in [-0.39, 0.29) is 24.2 Å². The maximum atomic E-state index is 12.1. The third-order valence-electron chi connectivity index (χ3n) is 5.74. The number of anilines is 1. The second-order valence-corrected chi connectivity index (χ2v) is 11.7. The molecule has 192 valence electrons. The number of nitrogens with zero attached hydrogens (tertiary/aromatic N) is 1. The molecule has 0 saturated carbocycles. The predicted molar refractivity (Wildman–Crippen MR) is 135 cm³/mol. The molecule has 0 unspecified atom stereocenters. The zero-order chi connectivity index (χ0) is 26.7. The number of fused-ring (bicyclic) bond motifs is 1. The van der Waals surface area contributed by atoms with E-state index in [0.717, 1.165) is 11.8 Å². The van der Waals surface area contributed by atoms with Crippen LogP contribution < -0.4 is 5.32 Å². The molecule has 36 heavy (non-hydrogen) atoms. The monoisotopic (exact) mass is 535 g/mol. The summed E-state index contributed by atoms with van der Waals surface area (Å²) < 4.78 is 66.6. The van der Waals surface area contributed by atoms with Crippen molar-refractivity contribution < 1.29 is 40.4 Å².